The van der Waals surface area contributed by atoms with Gasteiger partial charge in [-0.05, 0) is 29.8 Å². The molecule has 0 bridgehead atoms. The number of nitrogens with one attached hydrogen (secondary N) is 1. The Morgan fingerprint density at radius 1 is 1.33 bits per heavy atom. The Morgan fingerprint density at radius 3 is 2.94 bits per heavy atom. The largest absolute Gasteiger partial charge is 0.497 e. The van der Waals surface area contributed by atoms with Crippen LogP contribution in [0.1, 0.15) is 22.2 Å². The molecule has 4 heteroatoms. The van der Waals surface area contributed by atoms with Gasteiger partial charge in [-0.2, -0.15) is 0 Å². The molecule has 2 atom stereocenters. The lowest BCUT2D eigenvalue weighted by molar-refractivity contribution is 0.0961. The highest BCUT2D eigenvalue weighted by Gasteiger charge is 2.44. The molecular weight excluding hydrogens is 230 g/mol. The standard InChI is InChI=1S/C14H13NO3/c1-17-10-5-2-4-9(8-10)12-13(15-12)14(16)11-6-3-7-18-11/h2-8,12-13,15H,1H3. The minimum atomic E-state index is -0.191. The van der Waals surface area contributed by atoms with E-state index in [0.717, 1.165) is 11.3 Å². The van der Waals surface area contributed by atoms with E-state index < -0.39 is 0 Å². The van der Waals surface area contributed by atoms with Gasteiger partial charge in [-0.25, -0.2) is 0 Å². The molecule has 2 aromatic rings. The number of ether oxygens (including phenoxy) is 1. The van der Waals surface area contributed by atoms with Crippen LogP contribution in [-0.2, 0) is 0 Å². The fraction of sp³-hybridized carbons (Fsp3) is 0.214. The zero-order chi connectivity index (χ0) is 12.5. The van der Waals surface area contributed by atoms with Gasteiger partial charge in [0.2, 0.25) is 5.78 Å². The molecule has 2 heterocycles. The summed E-state index contributed by atoms with van der Waals surface area (Å²) in [5.74, 6) is 1.19. The molecule has 2 unspecified atom stereocenters. The van der Waals surface area contributed by atoms with E-state index in [9.17, 15) is 4.79 Å². The number of ketones is 1. The number of Topliss-reactive ketones (excluding diaryl/α,β-unsaturated/α-hetero) is 1. The maximum Gasteiger partial charge on any atom is 0.216 e. The Bertz CT molecular complexity index is 562. The smallest absolute Gasteiger partial charge is 0.216 e. The molecule has 3 rings (SSSR count). The zero-order valence-electron chi connectivity index (χ0n) is 9.92. The normalized spacial score (nSPS) is 21.6. The van der Waals surface area contributed by atoms with Crippen molar-refractivity contribution in [3.63, 3.8) is 0 Å². The third-order valence-electron chi connectivity index (χ3n) is 3.08. The minimum absolute atomic E-state index is 0.00665. The molecule has 1 aromatic heterocycles. The topological polar surface area (TPSA) is 61.4 Å². The van der Waals surface area contributed by atoms with Crippen LogP contribution < -0.4 is 10.1 Å². The number of furan rings is 1. The molecular formula is C14H13NO3. The molecule has 1 aliphatic heterocycles. The third-order valence-corrected chi connectivity index (χ3v) is 3.08. The van der Waals surface area contributed by atoms with E-state index >= 15 is 0 Å². The summed E-state index contributed by atoms with van der Waals surface area (Å²) in [7, 11) is 1.63. The van der Waals surface area contributed by atoms with Crippen LogP contribution in [-0.4, -0.2) is 18.9 Å². The SMILES string of the molecule is COc1cccc(C2NC2C(=O)c2ccco2)c1. The number of hydrogen-bond donors (Lipinski definition) is 1. The maximum absolute atomic E-state index is 12.0. The van der Waals surface area contributed by atoms with E-state index in [2.05, 4.69) is 5.32 Å². The van der Waals surface area contributed by atoms with Gasteiger partial charge < -0.3 is 9.15 Å². The molecule has 18 heavy (non-hydrogen) atoms. The van der Waals surface area contributed by atoms with E-state index in [4.69, 9.17) is 9.15 Å². The van der Waals surface area contributed by atoms with E-state index in [1.807, 2.05) is 24.3 Å². The molecule has 0 radical (unpaired) electrons. The minimum Gasteiger partial charge on any atom is -0.497 e. The highest BCUT2D eigenvalue weighted by Crippen LogP contribution is 2.33. The predicted molar refractivity (Wildman–Crippen MR) is 65.7 cm³/mol. The van der Waals surface area contributed by atoms with Crippen LogP contribution in [0.3, 0.4) is 0 Å². The Kier molecular flexibility index (Phi) is 2.64. The van der Waals surface area contributed by atoms with E-state index in [0.29, 0.717) is 5.76 Å². The Hall–Kier alpha value is -2.07. The first kappa shape index (κ1) is 11.0. The second kappa shape index (κ2) is 4.31. The second-order valence-corrected chi connectivity index (χ2v) is 4.24. The van der Waals surface area contributed by atoms with Gasteiger partial charge in [-0.1, -0.05) is 12.1 Å². The summed E-state index contributed by atoms with van der Waals surface area (Å²) in [5, 5.41) is 3.16. The monoisotopic (exact) mass is 243 g/mol. The van der Waals surface area contributed by atoms with Crippen molar-refractivity contribution >= 4 is 5.78 Å². The lowest BCUT2D eigenvalue weighted by atomic mass is 10.1. The number of carbonyl (C=O) groups excluding carboxylic acids is 1. The third kappa shape index (κ3) is 1.91. The van der Waals surface area contributed by atoms with E-state index in [-0.39, 0.29) is 17.9 Å². The van der Waals surface area contributed by atoms with Gasteiger partial charge in [-0.15, -0.1) is 0 Å². The van der Waals surface area contributed by atoms with Crippen LogP contribution in [0, 0.1) is 0 Å². The molecule has 4 nitrogen and oxygen atoms in total. The molecule has 1 saturated heterocycles. The molecule has 1 aromatic carbocycles. The van der Waals surface area contributed by atoms with Crippen molar-refractivity contribution in [1.82, 2.24) is 5.32 Å². The van der Waals surface area contributed by atoms with Crippen LogP contribution in [0.15, 0.2) is 47.1 Å². The summed E-state index contributed by atoms with van der Waals surface area (Å²) in [6.45, 7) is 0. The summed E-state index contributed by atoms with van der Waals surface area (Å²) in [5.41, 5.74) is 1.05. The second-order valence-electron chi connectivity index (χ2n) is 4.24. The summed E-state index contributed by atoms with van der Waals surface area (Å²) in [6.07, 6.45) is 1.51. The highest BCUT2D eigenvalue weighted by atomic mass is 16.5. The number of rotatable bonds is 4. The maximum atomic E-state index is 12.0. The van der Waals surface area contributed by atoms with Crippen molar-refractivity contribution < 1.29 is 13.9 Å². The Morgan fingerprint density at radius 2 is 2.22 bits per heavy atom. The quantitative estimate of drug-likeness (QED) is 0.660. The summed E-state index contributed by atoms with van der Waals surface area (Å²) < 4.78 is 10.3. The molecule has 1 aliphatic rings. The van der Waals surface area contributed by atoms with Crippen LogP contribution in [0.2, 0.25) is 0 Å². The van der Waals surface area contributed by atoms with E-state index in [1.165, 1.54) is 6.26 Å². The molecule has 0 spiro atoms. The average molecular weight is 243 g/mol. The average Bonchev–Trinajstić information content (AvgIpc) is 3.03. The first-order valence-corrected chi connectivity index (χ1v) is 5.77. The van der Waals surface area contributed by atoms with Crippen molar-refractivity contribution in [3.05, 3.63) is 54.0 Å². The lowest BCUT2D eigenvalue weighted by Crippen LogP contribution is -2.09. The van der Waals surface area contributed by atoms with Gasteiger partial charge in [0.1, 0.15) is 5.75 Å². The van der Waals surface area contributed by atoms with Gasteiger partial charge >= 0.3 is 0 Å². The van der Waals surface area contributed by atoms with Gasteiger partial charge in [0.15, 0.2) is 5.76 Å². The number of methoxy groups -OCH3 is 1. The molecule has 92 valence electrons. The molecule has 0 saturated carbocycles. The predicted octanol–water partition coefficient (Wildman–Crippen LogP) is 2.18. The summed E-state index contributed by atoms with van der Waals surface area (Å²) >= 11 is 0. The van der Waals surface area contributed by atoms with Gasteiger partial charge in [-0.3, -0.25) is 10.1 Å². The zero-order valence-corrected chi connectivity index (χ0v) is 9.92. The van der Waals surface area contributed by atoms with Gasteiger partial charge in [0.05, 0.1) is 25.5 Å². The van der Waals surface area contributed by atoms with Crippen molar-refractivity contribution in [2.45, 2.75) is 12.1 Å². The van der Waals surface area contributed by atoms with Crippen LogP contribution in [0.4, 0.5) is 0 Å². The van der Waals surface area contributed by atoms with Crippen LogP contribution in [0.5, 0.6) is 5.75 Å². The molecule has 0 amide bonds. The fourth-order valence-corrected chi connectivity index (χ4v) is 2.06. The Labute approximate surface area is 105 Å². The number of carbonyl (C=O) groups is 1. The number of hydrogen-bond acceptors (Lipinski definition) is 4. The van der Waals surface area contributed by atoms with Crippen LogP contribution >= 0.6 is 0 Å². The van der Waals surface area contributed by atoms with E-state index in [1.54, 1.807) is 19.2 Å². The van der Waals surface area contributed by atoms with Crippen LogP contribution in [0.25, 0.3) is 0 Å². The summed E-state index contributed by atoms with van der Waals surface area (Å²) in [4.78, 5) is 12.0. The van der Waals surface area contributed by atoms with Crippen molar-refractivity contribution in [2.24, 2.45) is 0 Å². The first-order valence-electron chi connectivity index (χ1n) is 5.77. The highest BCUT2D eigenvalue weighted by molar-refractivity contribution is 6.00. The van der Waals surface area contributed by atoms with Crippen molar-refractivity contribution in [3.8, 4) is 5.75 Å². The van der Waals surface area contributed by atoms with Crippen molar-refractivity contribution in [2.75, 3.05) is 7.11 Å². The molecule has 0 aliphatic carbocycles. The van der Waals surface area contributed by atoms with Gasteiger partial charge in [0.25, 0.3) is 0 Å². The Balaban J connectivity index is 1.75. The lowest BCUT2D eigenvalue weighted by Gasteiger charge is -2.02. The molecule has 1 N–H and O–H groups in total. The molecule has 1 fully saturated rings. The summed E-state index contributed by atoms with van der Waals surface area (Å²) in [6, 6.07) is 11.0. The van der Waals surface area contributed by atoms with Crippen molar-refractivity contribution in [1.29, 1.82) is 0 Å². The first-order chi connectivity index (χ1) is 8.79. The number of benzene rings is 1. The fourth-order valence-electron chi connectivity index (χ4n) is 2.06. The van der Waals surface area contributed by atoms with Gasteiger partial charge in [0, 0.05) is 0 Å².